The zero-order valence-electron chi connectivity index (χ0n) is 17.3. The molecule has 0 radical (unpaired) electrons. The first-order valence-electron chi connectivity index (χ1n) is 9.72. The average molecular weight is 578 g/mol. The first-order valence-corrected chi connectivity index (χ1v) is 11.6. The van der Waals surface area contributed by atoms with Crippen molar-refractivity contribution in [2.45, 2.75) is 6.61 Å². The molecule has 0 saturated carbocycles. The van der Waals surface area contributed by atoms with Crippen molar-refractivity contribution in [1.82, 2.24) is 5.32 Å². The third-order valence-corrected chi connectivity index (χ3v) is 6.30. The second-order valence-electron chi connectivity index (χ2n) is 6.87. The summed E-state index contributed by atoms with van der Waals surface area (Å²) in [6, 6.07) is 15.7. The van der Waals surface area contributed by atoms with Gasteiger partial charge in [0, 0.05) is 5.56 Å². The Bertz CT molecular complexity index is 1260. The van der Waals surface area contributed by atoms with Gasteiger partial charge in [-0.3, -0.25) is 4.79 Å². The van der Waals surface area contributed by atoms with Gasteiger partial charge in [0.15, 0.2) is 16.7 Å². The Morgan fingerprint density at radius 1 is 1.12 bits per heavy atom. The zero-order valence-corrected chi connectivity index (χ0v) is 20.2. The monoisotopic (exact) mass is 578 g/mol. The van der Waals surface area contributed by atoms with Crippen molar-refractivity contribution in [3.8, 4) is 11.5 Å². The lowest BCUT2D eigenvalue weighted by atomic mass is 10.1. The highest BCUT2D eigenvalue weighted by atomic mass is 127. The number of nitrogens with one attached hydrogen (secondary N) is 1. The fraction of sp³-hybridized carbons (Fsp3) is 0.0833. The van der Waals surface area contributed by atoms with Gasteiger partial charge in [-0.15, -0.1) is 0 Å². The van der Waals surface area contributed by atoms with Gasteiger partial charge in [0.25, 0.3) is 5.91 Å². The lowest BCUT2D eigenvalue weighted by Gasteiger charge is -2.14. The van der Waals surface area contributed by atoms with E-state index in [2.05, 4.69) is 32.9 Å². The van der Waals surface area contributed by atoms with E-state index in [1.807, 2.05) is 6.07 Å². The summed E-state index contributed by atoms with van der Waals surface area (Å²) in [7, 11) is 1.52. The number of amides is 1. The fourth-order valence-corrected chi connectivity index (χ4v) is 4.62. The molecule has 4 rings (SSSR count). The Labute approximate surface area is 207 Å². The molecule has 3 aromatic carbocycles. The first-order chi connectivity index (χ1) is 15.9. The second-order valence-corrected chi connectivity index (χ2v) is 9.07. The largest absolute Gasteiger partial charge is 0.493 e. The first kappa shape index (κ1) is 23.2. The molecule has 168 valence electrons. The smallest absolute Gasteiger partial charge is 0.264 e. The number of methoxy groups -OCH3 is 1. The SMILES string of the molecule is COc1cc(/C=C2/SC(=Nc3ccc(F)cc3)NC2=O)cc(I)c1OCc1ccccc1F. The van der Waals surface area contributed by atoms with Crippen LogP contribution in [-0.2, 0) is 11.4 Å². The molecule has 1 aliphatic heterocycles. The molecule has 9 heteroatoms. The van der Waals surface area contributed by atoms with Crippen LogP contribution in [0, 0.1) is 15.2 Å². The molecule has 3 aromatic rings. The highest BCUT2D eigenvalue weighted by molar-refractivity contribution is 14.1. The van der Waals surface area contributed by atoms with Gasteiger partial charge in [-0.05, 0) is 88.5 Å². The van der Waals surface area contributed by atoms with Gasteiger partial charge in [-0.1, -0.05) is 18.2 Å². The van der Waals surface area contributed by atoms with E-state index in [0.717, 1.165) is 9.13 Å². The summed E-state index contributed by atoms with van der Waals surface area (Å²) in [6.45, 7) is 0.0565. The second kappa shape index (κ2) is 10.3. The Balaban J connectivity index is 1.54. The summed E-state index contributed by atoms with van der Waals surface area (Å²) >= 11 is 3.30. The maximum atomic E-state index is 13.9. The third-order valence-electron chi connectivity index (χ3n) is 4.59. The summed E-state index contributed by atoms with van der Waals surface area (Å²) in [6.07, 6.45) is 1.72. The number of benzene rings is 3. The topological polar surface area (TPSA) is 59.9 Å². The van der Waals surface area contributed by atoms with Gasteiger partial charge in [0.1, 0.15) is 18.2 Å². The predicted octanol–water partition coefficient (Wildman–Crippen LogP) is 6.05. The van der Waals surface area contributed by atoms with E-state index in [-0.39, 0.29) is 24.1 Å². The van der Waals surface area contributed by atoms with Crippen LogP contribution in [0.3, 0.4) is 0 Å². The predicted molar refractivity (Wildman–Crippen MR) is 134 cm³/mol. The minimum absolute atomic E-state index is 0.0565. The number of carbonyl (C=O) groups is 1. The molecule has 0 atom stereocenters. The lowest BCUT2D eigenvalue weighted by molar-refractivity contribution is -0.115. The van der Waals surface area contributed by atoms with Crippen molar-refractivity contribution in [3.05, 3.63) is 91.9 Å². The van der Waals surface area contributed by atoms with Crippen molar-refractivity contribution >= 4 is 57.2 Å². The molecule has 1 aliphatic rings. The van der Waals surface area contributed by atoms with Crippen LogP contribution >= 0.6 is 34.4 Å². The number of aliphatic imine (C=N–C) groups is 1. The van der Waals surface area contributed by atoms with Crippen molar-refractivity contribution in [2.75, 3.05) is 7.11 Å². The molecule has 33 heavy (non-hydrogen) atoms. The van der Waals surface area contributed by atoms with Crippen LogP contribution in [0.4, 0.5) is 14.5 Å². The number of carbonyl (C=O) groups excluding carboxylic acids is 1. The van der Waals surface area contributed by atoms with Gasteiger partial charge in [-0.2, -0.15) is 0 Å². The summed E-state index contributed by atoms with van der Waals surface area (Å²) in [5.74, 6) is -0.0169. The van der Waals surface area contributed by atoms with Crippen LogP contribution in [0.2, 0.25) is 0 Å². The molecule has 0 aliphatic carbocycles. The number of hydrogen-bond donors (Lipinski definition) is 1. The van der Waals surface area contributed by atoms with Crippen LogP contribution in [0.25, 0.3) is 6.08 Å². The van der Waals surface area contributed by atoms with E-state index in [9.17, 15) is 13.6 Å². The van der Waals surface area contributed by atoms with E-state index in [0.29, 0.717) is 32.8 Å². The van der Waals surface area contributed by atoms with E-state index in [1.165, 1.54) is 49.2 Å². The molecule has 1 amide bonds. The molecule has 0 spiro atoms. The number of halogens is 3. The number of hydrogen-bond acceptors (Lipinski definition) is 5. The summed E-state index contributed by atoms with van der Waals surface area (Å²) in [4.78, 5) is 17.2. The van der Waals surface area contributed by atoms with Crippen LogP contribution in [-0.4, -0.2) is 18.2 Å². The quantitative estimate of drug-likeness (QED) is 0.286. The van der Waals surface area contributed by atoms with E-state index in [4.69, 9.17) is 9.47 Å². The fourth-order valence-electron chi connectivity index (χ4n) is 2.99. The molecule has 0 bridgehead atoms. The number of nitrogens with zero attached hydrogens (tertiary/aromatic N) is 1. The Morgan fingerprint density at radius 2 is 1.88 bits per heavy atom. The van der Waals surface area contributed by atoms with Crippen LogP contribution in [0.15, 0.2) is 70.6 Å². The van der Waals surface area contributed by atoms with Crippen molar-refractivity contribution in [2.24, 2.45) is 4.99 Å². The van der Waals surface area contributed by atoms with Gasteiger partial charge in [0.2, 0.25) is 0 Å². The number of ether oxygens (including phenoxy) is 2. The maximum absolute atomic E-state index is 13.9. The zero-order chi connectivity index (χ0) is 23.4. The average Bonchev–Trinajstić information content (AvgIpc) is 3.13. The van der Waals surface area contributed by atoms with E-state index >= 15 is 0 Å². The summed E-state index contributed by atoms with van der Waals surface area (Å²) in [5.41, 5.74) is 1.71. The molecular formula is C24H17F2IN2O3S. The molecule has 1 N–H and O–H groups in total. The summed E-state index contributed by atoms with van der Waals surface area (Å²) in [5, 5.41) is 3.11. The number of rotatable bonds is 6. The standard InChI is InChI=1S/C24H17F2IN2O3S/c1-31-20-11-14(10-19(27)22(20)32-13-15-4-2-3-5-18(15)26)12-21-23(30)29-24(33-21)28-17-8-6-16(25)7-9-17/h2-12H,13H2,1H3,(H,28,29,30)/b21-12+. The van der Waals surface area contributed by atoms with Crippen molar-refractivity contribution in [3.63, 3.8) is 0 Å². The highest BCUT2D eigenvalue weighted by Gasteiger charge is 2.24. The Kier molecular flexibility index (Phi) is 7.29. The number of amidine groups is 1. The molecular weight excluding hydrogens is 561 g/mol. The molecule has 0 unspecified atom stereocenters. The van der Waals surface area contributed by atoms with Gasteiger partial charge in [-0.25, -0.2) is 13.8 Å². The van der Waals surface area contributed by atoms with Gasteiger partial charge < -0.3 is 14.8 Å². The third kappa shape index (κ3) is 5.72. The van der Waals surface area contributed by atoms with Crippen LogP contribution in [0.1, 0.15) is 11.1 Å². The molecule has 1 saturated heterocycles. The van der Waals surface area contributed by atoms with Gasteiger partial charge in [0.05, 0.1) is 21.3 Å². The Hall–Kier alpha value is -2.92. The molecule has 5 nitrogen and oxygen atoms in total. The normalized spacial score (nSPS) is 15.7. The minimum atomic E-state index is -0.354. The van der Waals surface area contributed by atoms with Crippen molar-refractivity contribution in [1.29, 1.82) is 0 Å². The lowest BCUT2D eigenvalue weighted by Crippen LogP contribution is -2.19. The highest BCUT2D eigenvalue weighted by Crippen LogP contribution is 2.36. The number of thioether (sulfide) groups is 1. The molecule has 0 aromatic heterocycles. The van der Waals surface area contributed by atoms with E-state index < -0.39 is 0 Å². The van der Waals surface area contributed by atoms with Crippen LogP contribution < -0.4 is 14.8 Å². The molecule has 1 fully saturated rings. The Morgan fingerprint density at radius 3 is 2.61 bits per heavy atom. The summed E-state index contributed by atoms with van der Waals surface area (Å²) < 4.78 is 39.0. The van der Waals surface area contributed by atoms with Crippen molar-refractivity contribution < 1.29 is 23.0 Å². The van der Waals surface area contributed by atoms with Crippen LogP contribution in [0.5, 0.6) is 11.5 Å². The maximum Gasteiger partial charge on any atom is 0.264 e. The van der Waals surface area contributed by atoms with Gasteiger partial charge >= 0.3 is 0 Å². The molecule has 1 heterocycles. The minimum Gasteiger partial charge on any atom is -0.493 e. The van der Waals surface area contributed by atoms with E-state index in [1.54, 1.807) is 30.3 Å².